The Kier molecular flexibility index (Phi) is 8.25. The second-order valence-electron chi connectivity index (χ2n) is 10.6. The first kappa shape index (κ1) is 28.5. The molecule has 44 heavy (non-hydrogen) atoms. The summed E-state index contributed by atoms with van der Waals surface area (Å²) in [5.41, 5.74) is 13.2. The van der Waals surface area contributed by atoms with Crippen molar-refractivity contribution >= 4 is 34.6 Å². The minimum atomic E-state index is 0.945. The van der Waals surface area contributed by atoms with Gasteiger partial charge in [0.15, 0.2) is 0 Å². The molecular formula is C42H34N2. The molecule has 0 N–H and O–H groups in total. The second-order valence-corrected chi connectivity index (χ2v) is 10.6. The monoisotopic (exact) mass is 566 g/mol. The Balaban J connectivity index is 1.53. The zero-order valence-electron chi connectivity index (χ0n) is 25.2. The number of nitrogens with zero attached hydrogens (tertiary/aromatic N) is 2. The van der Waals surface area contributed by atoms with Crippen LogP contribution in [-0.4, -0.2) is 9.97 Å². The van der Waals surface area contributed by atoms with Crippen molar-refractivity contribution in [2.75, 3.05) is 0 Å². The summed E-state index contributed by atoms with van der Waals surface area (Å²) in [7, 11) is 0. The van der Waals surface area contributed by atoms with Crippen LogP contribution in [-0.2, 0) is 0 Å². The maximum absolute atomic E-state index is 4.74. The summed E-state index contributed by atoms with van der Waals surface area (Å²) >= 11 is 0. The molecule has 2 aromatic heterocycles. The largest absolute Gasteiger partial charge is 0.263 e. The second kappa shape index (κ2) is 12.7. The van der Waals surface area contributed by atoms with Crippen LogP contribution in [0.2, 0.25) is 0 Å². The molecule has 6 rings (SSSR count). The molecule has 0 aliphatic heterocycles. The maximum atomic E-state index is 4.74. The molecule has 2 heteroatoms. The summed E-state index contributed by atoms with van der Waals surface area (Å²) in [6.45, 7) is 12.2. The zero-order chi connectivity index (χ0) is 30.5. The fourth-order valence-electron chi connectivity index (χ4n) is 5.91. The fourth-order valence-corrected chi connectivity index (χ4v) is 5.91. The Labute approximate surface area is 260 Å². The molecule has 2 nitrogen and oxygen atoms in total. The first-order chi connectivity index (χ1) is 21.6. The molecular weight excluding hydrogens is 532 g/mol. The van der Waals surface area contributed by atoms with Crippen molar-refractivity contribution in [3.05, 3.63) is 169 Å². The van der Waals surface area contributed by atoms with E-state index in [9.17, 15) is 0 Å². The van der Waals surface area contributed by atoms with E-state index in [-0.39, 0.29) is 0 Å². The van der Waals surface area contributed by atoms with Crippen molar-refractivity contribution in [1.29, 1.82) is 0 Å². The first-order valence-electron chi connectivity index (χ1n) is 14.9. The fraction of sp³-hybridized carbons (Fsp3) is 0.0476. The lowest BCUT2D eigenvalue weighted by Gasteiger charge is -2.16. The molecule has 0 aliphatic carbocycles. The summed E-state index contributed by atoms with van der Waals surface area (Å²) in [6.07, 6.45) is 15.9. The summed E-state index contributed by atoms with van der Waals surface area (Å²) in [5.74, 6) is 0. The van der Waals surface area contributed by atoms with E-state index in [4.69, 9.17) is 4.98 Å². The van der Waals surface area contributed by atoms with Gasteiger partial charge in [-0.3, -0.25) is 9.97 Å². The number of rotatable bonds is 8. The molecule has 0 radical (unpaired) electrons. The molecule has 0 atom stereocenters. The van der Waals surface area contributed by atoms with Gasteiger partial charge in [0, 0.05) is 40.7 Å². The van der Waals surface area contributed by atoms with Gasteiger partial charge in [-0.2, -0.15) is 0 Å². The van der Waals surface area contributed by atoms with Crippen LogP contribution >= 0.6 is 0 Å². The third-order valence-electron chi connectivity index (χ3n) is 8.05. The lowest BCUT2D eigenvalue weighted by atomic mass is 9.88. The van der Waals surface area contributed by atoms with Crippen molar-refractivity contribution in [2.45, 2.75) is 13.8 Å². The van der Waals surface area contributed by atoms with Crippen LogP contribution in [0.1, 0.15) is 41.7 Å². The van der Waals surface area contributed by atoms with E-state index in [0.29, 0.717) is 0 Å². The molecule has 0 fully saturated rings. The number of allylic oxidation sites excluding steroid dienone is 2. The highest BCUT2D eigenvalue weighted by Crippen LogP contribution is 2.37. The van der Waals surface area contributed by atoms with E-state index in [1.807, 2.05) is 49.8 Å². The molecule has 0 aliphatic rings. The van der Waals surface area contributed by atoms with Crippen LogP contribution < -0.4 is 0 Å². The normalized spacial score (nSPS) is 11.6. The van der Waals surface area contributed by atoms with E-state index < -0.39 is 0 Å². The molecule has 0 spiro atoms. The third kappa shape index (κ3) is 5.46. The molecule has 6 aromatic rings. The molecule has 4 aromatic carbocycles. The Morgan fingerprint density at radius 2 is 1.41 bits per heavy atom. The van der Waals surface area contributed by atoms with Gasteiger partial charge in [0.1, 0.15) is 0 Å². The highest BCUT2D eigenvalue weighted by atomic mass is 14.7. The molecule has 0 unspecified atom stereocenters. The highest BCUT2D eigenvalue weighted by molar-refractivity contribution is 5.98. The average Bonchev–Trinajstić information content (AvgIpc) is 3.09. The summed E-state index contributed by atoms with van der Waals surface area (Å²) < 4.78 is 0. The van der Waals surface area contributed by atoms with E-state index in [2.05, 4.69) is 128 Å². The van der Waals surface area contributed by atoms with Crippen LogP contribution in [0.4, 0.5) is 0 Å². The lowest BCUT2D eigenvalue weighted by Crippen LogP contribution is -1.95. The van der Waals surface area contributed by atoms with Crippen molar-refractivity contribution in [3.63, 3.8) is 0 Å². The van der Waals surface area contributed by atoms with Crippen LogP contribution in [0.25, 0.3) is 68.1 Å². The molecule has 0 bridgehead atoms. The van der Waals surface area contributed by atoms with E-state index in [1.54, 1.807) is 0 Å². The van der Waals surface area contributed by atoms with E-state index in [0.717, 1.165) is 72.3 Å². The van der Waals surface area contributed by atoms with Gasteiger partial charge < -0.3 is 0 Å². The maximum Gasteiger partial charge on any atom is 0.0780 e. The molecule has 0 saturated heterocycles. The average molecular weight is 567 g/mol. The topological polar surface area (TPSA) is 25.8 Å². The number of aromatic nitrogens is 2. The van der Waals surface area contributed by atoms with Gasteiger partial charge in [-0.25, -0.2) is 0 Å². The van der Waals surface area contributed by atoms with Gasteiger partial charge in [0.25, 0.3) is 0 Å². The predicted molar refractivity (Wildman–Crippen MR) is 190 cm³/mol. The van der Waals surface area contributed by atoms with Gasteiger partial charge in [0.05, 0.1) is 5.69 Å². The summed E-state index contributed by atoms with van der Waals surface area (Å²) in [6, 6.07) is 34.4. The minimum absolute atomic E-state index is 0.945. The highest BCUT2D eigenvalue weighted by Gasteiger charge is 2.14. The van der Waals surface area contributed by atoms with Gasteiger partial charge in [-0.15, -0.1) is 0 Å². The van der Waals surface area contributed by atoms with Crippen LogP contribution in [0.5, 0.6) is 0 Å². The van der Waals surface area contributed by atoms with Gasteiger partial charge >= 0.3 is 0 Å². The predicted octanol–water partition coefficient (Wildman–Crippen LogP) is 11.4. The minimum Gasteiger partial charge on any atom is -0.263 e. The quantitative estimate of drug-likeness (QED) is 0.183. The number of benzene rings is 4. The Morgan fingerprint density at radius 1 is 0.682 bits per heavy atom. The number of hydrogen-bond acceptors (Lipinski definition) is 2. The third-order valence-corrected chi connectivity index (χ3v) is 8.05. The Bertz CT molecular complexity index is 2050. The number of hydrogen-bond donors (Lipinski definition) is 0. The smallest absolute Gasteiger partial charge is 0.0780 e. The van der Waals surface area contributed by atoms with Gasteiger partial charge in [-0.05, 0) is 88.0 Å². The van der Waals surface area contributed by atoms with Gasteiger partial charge in [0.2, 0.25) is 0 Å². The van der Waals surface area contributed by atoms with Crippen molar-refractivity contribution in [2.24, 2.45) is 0 Å². The Morgan fingerprint density at radius 3 is 2.18 bits per heavy atom. The van der Waals surface area contributed by atoms with Crippen molar-refractivity contribution in [3.8, 4) is 33.5 Å². The SMILES string of the molecule is C=Cc1ccccc1/C(=C\C)c1cc(-c2ccc(-c3nccc(C=C)c3/C=C\C)cc2)cc(-c2cncc3ccccc23)c1. The molecule has 212 valence electrons. The van der Waals surface area contributed by atoms with E-state index in [1.165, 1.54) is 5.39 Å². The summed E-state index contributed by atoms with van der Waals surface area (Å²) in [4.78, 5) is 9.35. The lowest BCUT2D eigenvalue weighted by molar-refractivity contribution is 1.30. The van der Waals surface area contributed by atoms with Crippen LogP contribution in [0, 0.1) is 0 Å². The van der Waals surface area contributed by atoms with Crippen LogP contribution in [0.3, 0.4) is 0 Å². The molecule has 0 amide bonds. The zero-order valence-corrected chi connectivity index (χ0v) is 25.2. The summed E-state index contributed by atoms with van der Waals surface area (Å²) in [5, 5.41) is 2.30. The van der Waals surface area contributed by atoms with Crippen molar-refractivity contribution < 1.29 is 0 Å². The standard InChI is InChI=1S/C42H34N2/c1-5-13-40-30(7-3)22-23-44-42(40)32-20-18-31(19-21-32)34-24-35(37(8-4)38-16-11-9-14-29(38)6-2)26-36(25-34)41-28-43-27-33-15-10-12-17-39(33)41/h5-28H,2-3H2,1,4H3/b13-5-,37-8-. The molecule has 0 saturated carbocycles. The van der Waals surface area contributed by atoms with Crippen LogP contribution in [0.15, 0.2) is 141 Å². The van der Waals surface area contributed by atoms with E-state index >= 15 is 0 Å². The first-order valence-corrected chi connectivity index (χ1v) is 14.9. The molecule has 2 heterocycles. The van der Waals surface area contributed by atoms with Gasteiger partial charge in [-0.1, -0.05) is 116 Å². The number of pyridine rings is 2. The number of fused-ring (bicyclic) bond motifs is 1. The Hall–Kier alpha value is -5.60. The van der Waals surface area contributed by atoms with Crippen molar-refractivity contribution in [1.82, 2.24) is 9.97 Å².